The quantitative estimate of drug-likeness (QED) is 0.559. The molecule has 1 aromatic heterocycles. The number of carbonyl (C=O) groups is 1. The number of fused-ring (bicyclic) bond motifs is 6. The number of rotatable bonds is 1. The highest BCUT2D eigenvalue weighted by atomic mass is 19.1. The molecule has 0 unspecified atom stereocenters. The van der Waals surface area contributed by atoms with Gasteiger partial charge in [0.2, 0.25) is 0 Å². The number of hydrogen-bond acceptors (Lipinski definition) is 4. The highest BCUT2D eigenvalue weighted by Gasteiger charge is 2.69. The van der Waals surface area contributed by atoms with Crippen molar-refractivity contribution < 1.29 is 18.7 Å². The van der Waals surface area contributed by atoms with Crippen LogP contribution in [0.3, 0.4) is 0 Å². The lowest BCUT2D eigenvalue weighted by atomic mass is 9.40. The molecule has 0 spiro atoms. The molecular weight excluding hydrogens is 431 g/mol. The Morgan fingerprint density at radius 1 is 0.971 bits per heavy atom. The van der Waals surface area contributed by atoms with Gasteiger partial charge in [0.1, 0.15) is 17.2 Å². The van der Waals surface area contributed by atoms with Crippen LogP contribution >= 0.6 is 0 Å². The van der Waals surface area contributed by atoms with Gasteiger partial charge in [-0.1, -0.05) is 32.4 Å². The molecule has 4 nitrogen and oxygen atoms in total. The van der Waals surface area contributed by atoms with Crippen LogP contribution in [-0.2, 0) is 10.4 Å². The van der Waals surface area contributed by atoms with E-state index in [4.69, 9.17) is 4.42 Å². The third-order valence-corrected chi connectivity index (χ3v) is 10.8. The third-order valence-electron chi connectivity index (χ3n) is 10.8. The molecule has 6 rings (SSSR count). The largest absolute Gasteiger partial charge is 0.424 e. The molecule has 0 saturated heterocycles. The molecule has 2 aromatic rings. The summed E-state index contributed by atoms with van der Waals surface area (Å²) >= 11 is 0. The highest BCUT2D eigenvalue weighted by molar-refractivity contribution is 5.91. The maximum absolute atomic E-state index is 13.7. The average molecular weight is 465 g/mol. The number of halogens is 1. The van der Waals surface area contributed by atoms with E-state index in [1.807, 2.05) is 6.08 Å². The van der Waals surface area contributed by atoms with Gasteiger partial charge in [0, 0.05) is 11.8 Å². The molecule has 1 N–H and O–H groups in total. The standard InChI is InChI=1S/C29H33FO4/c1-26-11-7-20(31)15-18(26)6-10-27(2)22(26)8-12-28(3)23(27)9-13-29(28,33)24-14-17-4-5-19(30)16-21(17)25(32)34-24/h4-5,14-16,22-23,33H,6-13H2,1-3H3/t22-,23+,26+,27-,28+,29-/m1/s1. The lowest BCUT2D eigenvalue weighted by Gasteiger charge is -2.64. The molecule has 180 valence electrons. The summed E-state index contributed by atoms with van der Waals surface area (Å²) in [4.78, 5) is 24.9. The smallest absolute Gasteiger partial charge is 0.344 e. The molecule has 0 aliphatic heterocycles. The van der Waals surface area contributed by atoms with Crippen molar-refractivity contribution >= 4 is 16.6 Å². The van der Waals surface area contributed by atoms with E-state index in [1.165, 1.54) is 17.7 Å². The summed E-state index contributed by atoms with van der Waals surface area (Å²) in [5.41, 5.74) is -0.848. The van der Waals surface area contributed by atoms with Crippen LogP contribution < -0.4 is 5.63 Å². The number of benzene rings is 1. The van der Waals surface area contributed by atoms with Crippen LogP contribution in [0.4, 0.5) is 4.39 Å². The lowest BCUT2D eigenvalue weighted by molar-refractivity contribution is -0.173. The fourth-order valence-electron chi connectivity index (χ4n) is 9.00. The molecule has 4 aliphatic rings. The molecule has 4 aliphatic carbocycles. The Morgan fingerprint density at radius 2 is 1.74 bits per heavy atom. The molecule has 6 atom stereocenters. The minimum Gasteiger partial charge on any atom is -0.424 e. The van der Waals surface area contributed by atoms with E-state index in [-0.39, 0.29) is 27.9 Å². The zero-order chi connectivity index (χ0) is 24.1. The third kappa shape index (κ3) is 2.68. The van der Waals surface area contributed by atoms with Crippen LogP contribution in [0, 0.1) is 33.9 Å². The number of hydrogen-bond donors (Lipinski definition) is 1. The molecule has 0 bridgehead atoms. The van der Waals surface area contributed by atoms with Gasteiger partial charge in [0.05, 0.1) is 5.39 Å². The summed E-state index contributed by atoms with van der Waals surface area (Å²) in [6.07, 6.45) is 8.68. The number of allylic oxidation sites excluding steroid dienone is 1. The Kier molecular flexibility index (Phi) is 4.51. The van der Waals surface area contributed by atoms with E-state index < -0.39 is 22.5 Å². The van der Waals surface area contributed by atoms with Crippen molar-refractivity contribution in [2.24, 2.45) is 28.1 Å². The van der Waals surface area contributed by atoms with Crippen LogP contribution in [-0.4, -0.2) is 10.9 Å². The number of aliphatic hydroxyl groups is 1. The van der Waals surface area contributed by atoms with Crippen molar-refractivity contribution in [3.8, 4) is 0 Å². The van der Waals surface area contributed by atoms with Crippen LogP contribution in [0.25, 0.3) is 10.8 Å². The van der Waals surface area contributed by atoms with Gasteiger partial charge >= 0.3 is 5.63 Å². The Morgan fingerprint density at radius 3 is 2.53 bits per heavy atom. The molecule has 1 heterocycles. The minimum absolute atomic E-state index is 0.0442. The van der Waals surface area contributed by atoms with Gasteiger partial charge in [-0.2, -0.15) is 0 Å². The average Bonchev–Trinajstić information content (AvgIpc) is 3.07. The van der Waals surface area contributed by atoms with Gasteiger partial charge in [-0.3, -0.25) is 4.79 Å². The molecular formula is C29H33FO4. The van der Waals surface area contributed by atoms with Gasteiger partial charge in [0.15, 0.2) is 5.78 Å². The van der Waals surface area contributed by atoms with E-state index in [9.17, 15) is 19.1 Å². The van der Waals surface area contributed by atoms with Crippen molar-refractivity contribution in [3.05, 3.63) is 57.9 Å². The zero-order valence-electron chi connectivity index (χ0n) is 20.2. The number of carbonyl (C=O) groups excluding carboxylic acids is 1. The Hall–Kier alpha value is -2.27. The van der Waals surface area contributed by atoms with Crippen molar-refractivity contribution in [2.45, 2.75) is 77.7 Å². The van der Waals surface area contributed by atoms with E-state index in [0.717, 1.165) is 38.5 Å². The maximum atomic E-state index is 13.7. The lowest BCUT2D eigenvalue weighted by Crippen LogP contribution is -2.58. The van der Waals surface area contributed by atoms with Crippen LogP contribution in [0.15, 0.2) is 45.1 Å². The van der Waals surface area contributed by atoms with E-state index in [0.29, 0.717) is 29.9 Å². The number of ketones is 1. The molecule has 0 amide bonds. The van der Waals surface area contributed by atoms with Gasteiger partial charge in [-0.05, 0) is 97.3 Å². The summed E-state index contributed by atoms with van der Waals surface area (Å²) in [6, 6.07) is 5.86. The molecule has 34 heavy (non-hydrogen) atoms. The van der Waals surface area contributed by atoms with Crippen LogP contribution in [0.2, 0.25) is 0 Å². The summed E-state index contributed by atoms with van der Waals surface area (Å²) in [6.45, 7) is 6.95. The minimum atomic E-state index is -1.24. The van der Waals surface area contributed by atoms with E-state index in [1.54, 1.807) is 12.1 Å². The van der Waals surface area contributed by atoms with Gasteiger partial charge in [-0.15, -0.1) is 0 Å². The Labute approximate surface area is 199 Å². The second-order valence-corrected chi connectivity index (χ2v) is 12.1. The second-order valence-electron chi connectivity index (χ2n) is 12.1. The topological polar surface area (TPSA) is 67.5 Å². The van der Waals surface area contributed by atoms with Crippen LogP contribution in [0.1, 0.15) is 77.9 Å². The first-order valence-corrected chi connectivity index (χ1v) is 12.7. The summed E-state index contributed by atoms with van der Waals surface area (Å²) < 4.78 is 19.4. The van der Waals surface area contributed by atoms with Crippen molar-refractivity contribution in [1.82, 2.24) is 0 Å². The summed E-state index contributed by atoms with van der Waals surface area (Å²) in [5.74, 6) is 0.857. The predicted molar refractivity (Wildman–Crippen MR) is 128 cm³/mol. The molecule has 3 saturated carbocycles. The molecule has 0 radical (unpaired) electrons. The fourth-order valence-corrected chi connectivity index (χ4v) is 9.00. The second kappa shape index (κ2) is 6.90. The molecule has 1 aromatic carbocycles. The first-order valence-electron chi connectivity index (χ1n) is 12.7. The van der Waals surface area contributed by atoms with Crippen molar-refractivity contribution in [1.29, 1.82) is 0 Å². The SMILES string of the molecule is C[C@@]12CCC3=CC(=O)CC[C@]3(C)[C@H]1CC[C@@]1(C)[C@H]2CC[C@@]1(O)c1cc2ccc(F)cc2c(=O)o1. The molecule has 3 fully saturated rings. The first-order chi connectivity index (χ1) is 16.0. The fraction of sp³-hybridized carbons (Fsp3) is 0.586. The van der Waals surface area contributed by atoms with Gasteiger partial charge in [-0.25, -0.2) is 9.18 Å². The summed E-state index contributed by atoms with van der Waals surface area (Å²) in [5, 5.41) is 13.0. The first kappa shape index (κ1) is 22.2. The molecule has 5 heteroatoms. The Balaban J connectivity index is 1.43. The van der Waals surface area contributed by atoms with Crippen molar-refractivity contribution in [2.75, 3.05) is 0 Å². The van der Waals surface area contributed by atoms with E-state index in [2.05, 4.69) is 20.8 Å². The Bertz CT molecular complexity index is 1310. The van der Waals surface area contributed by atoms with Gasteiger partial charge < -0.3 is 9.52 Å². The monoisotopic (exact) mass is 464 g/mol. The normalized spacial score (nSPS) is 41.6. The van der Waals surface area contributed by atoms with Gasteiger partial charge in [0.25, 0.3) is 0 Å². The maximum Gasteiger partial charge on any atom is 0.344 e. The zero-order valence-corrected chi connectivity index (χ0v) is 20.2. The predicted octanol–water partition coefficient (Wildman–Crippen LogP) is 6.04. The van der Waals surface area contributed by atoms with Crippen LogP contribution in [0.5, 0.6) is 0 Å². The van der Waals surface area contributed by atoms with Crippen molar-refractivity contribution in [3.63, 3.8) is 0 Å². The summed E-state index contributed by atoms with van der Waals surface area (Å²) in [7, 11) is 0. The highest BCUT2D eigenvalue weighted by Crippen LogP contribution is 2.73. The van der Waals surface area contributed by atoms with E-state index >= 15 is 0 Å².